The van der Waals surface area contributed by atoms with Crippen LogP contribution >= 0.6 is 0 Å². The zero-order valence-corrected chi connectivity index (χ0v) is 13.7. The Labute approximate surface area is 139 Å². The molecule has 0 heterocycles. The second kappa shape index (κ2) is 7.59. The number of amides is 2. The van der Waals surface area contributed by atoms with Gasteiger partial charge in [0.25, 0.3) is 11.8 Å². The highest BCUT2D eigenvalue weighted by atomic mass is 19.1. The standard InChI is InChI=1S/C18H19FN2O3/c1-11-4-5-12(2)16(10-11)18(23)21-20-17(22)13(3)24-15-8-6-14(19)7-9-15/h4-10,13H,1-3H3,(H,20,22)(H,21,23)/t13-/m1/s1. The summed E-state index contributed by atoms with van der Waals surface area (Å²) < 4.78 is 18.2. The van der Waals surface area contributed by atoms with Gasteiger partial charge in [-0.05, 0) is 56.7 Å². The molecule has 0 aliphatic rings. The van der Waals surface area contributed by atoms with Gasteiger partial charge in [0, 0.05) is 5.56 Å². The van der Waals surface area contributed by atoms with Crippen molar-refractivity contribution in [2.45, 2.75) is 26.9 Å². The maximum Gasteiger partial charge on any atom is 0.279 e. The third-order valence-corrected chi connectivity index (χ3v) is 3.43. The zero-order valence-electron chi connectivity index (χ0n) is 13.7. The molecule has 0 aliphatic heterocycles. The number of halogens is 1. The molecule has 0 aliphatic carbocycles. The number of hydrogen-bond donors (Lipinski definition) is 2. The van der Waals surface area contributed by atoms with E-state index < -0.39 is 17.9 Å². The summed E-state index contributed by atoms with van der Waals surface area (Å²) in [5, 5.41) is 0. The molecule has 6 heteroatoms. The van der Waals surface area contributed by atoms with Crippen LogP contribution in [0.4, 0.5) is 4.39 Å². The van der Waals surface area contributed by atoms with Crippen molar-refractivity contribution in [3.63, 3.8) is 0 Å². The van der Waals surface area contributed by atoms with Crippen LogP contribution in [0.2, 0.25) is 0 Å². The largest absolute Gasteiger partial charge is 0.481 e. The van der Waals surface area contributed by atoms with Crippen molar-refractivity contribution in [1.29, 1.82) is 0 Å². The third kappa shape index (κ3) is 4.55. The van der Waals surface area contributed by atoms with Crippen molar-refractivity contribution < 1.29 is 18.7 Å². The number of carbonyl (C=O) groups is 2. The molecular formula is C18H19FN2O3. The van der Waals surface area contributed by atoms with Crippen molar-refractivity contribution in [1.82, 2.24) is 10.9 Å². The summed E-state index contributed by atoms with van der Waals surface area (Å²) in [6.45, 7) is 5.23. The van der Waals surface area contributed by atoms with Crippen molar-refractivity contribution in [3.8, 4) is 5.75 Å². The van der Waals surface area contributed by atoms with Gasteiger partial charge in [0.05, 0.1) is 0 Å². The molecule has 24 heavy (non-hydrogen) atoms. The number of hydrogen-bond acceptors (Lipinski definition) is 3. The van der Waals surface area contributed by atoms with E-state index in [2.05, 4.69) is 10.9 Å². The first-order valence-electron chi connectivity index (χ1n) is 7.46. The topological polar surface area (TPSA) is 67.4 Å². The molecule has 126 valence electrons. The van der Waals surface area contributed by atoms with Gasteiger partial charge in [-0.25, -0.2) is 4.39 Å². The smallest absolute Gasteiger partial charge is 0.279 e. The second-order valence-electron chi connectivity index (χ2n) is 5.48. The maximum atomic E-state index is 12.8. The molecule has 2 rings (SSSR count). The number of aryl methyl sites for hydroxylation is 2. The summed E-state index contributed by atoms with van der Waals surface area (Å²) in [5.74, 6) is -0.948. The molecule has 1 atom stereocenters. The lowest BCUT2D eigenvalue weighted by atomic mass is 10.1. The highest BCUT2D eigenvalue weighted by Gasteiger charge is 2.16. The van der Waals surface area contributed by atoms with Gasteiger partial charge in [-0.3, -0.25) is 20.4 Å². The fourth-order valence-electron chi connectivity index (χ4n) is 2.04. The fourth-order valence-corrected chi connectivity index (χ4v) is 2.04. The van der Waals surface area contributed by atoms with Crippen molar-refractivity contribution in [2.24, 2.45) is 0 Å². The van der Waals surface area contributed by atoms with E-state index in [0.717, 1.165) is 11.1 Å². The Morgan fingerprint density at radius 1 is 1.04 bits per heavy atom. The van der Waals surface area contributed by atoms with Crippen molar-refractivity contribution in [2.75, 3.05) is 0 Å². The molecule has 0 unspecified atom stereocenters. The molecule has 2 aromatic carbocycles. The Morgan fingerprint density at radius 3 is 2.38 bits per heavy atom. The number of rotatable bonds is 4. The van der Waals surface area contributed by atoms with E-state index in [9.17, 15) is 14.0 Å². The monoisotopic (exact) mass is 330 g/mol. The van der Waals surface area contributed by atoms with Crippen LogP contribution in [0.5, 0.6) is 5.75 Å². The molecule has 0 bridgehead atoms. The van der Waals surface area contributed by atoms with E-state index in [1.807, 2.05) is 26.0 Å². The first kappa shape index (κ1) is 17.5. The minimum atomic E-state index is -0.852. The molecule has 5 nitrogen and oxygen atoms in total. The Morgan fingerprint density at radius 2 is 1.71 bits per heavy atom. The van der Waals surface area contributed by atoms with E-state index in [0.29, 0.717) is 11.3 Å². The third-order valence-electron chi connectivity index (χ3n) is 3.43. The molecule has 2 N–H and O–H groups in total. The molecule has 0 aromatic heterocycles. The fraction of sp³-hybridized carbons (Fsp3) is 0.222. The Hall–Kier alpha value is -2.89. The average molecular weight is 330 g/mol. The zero-order chi connectivity index (χ0) is 17.7. The van der Waals surface area contributed by atoms with Gasteiger partial charge in [-0.1, -0.05) is 17.7 Å². The highest BCUT2D eigenvalue weighted by molar-refractivity contribution is 5.97. The van der Waals surface area contributed by atoms with E-state index in [1.165, 1.54) is 31.2 Å². The van der Waals surface area contributed by atoms with Crippen molar-refractivity contribution in [3.05, 3.63) is 65.0 Å². The number of ether oxygens (including phenoxy) is 1. The first-order chi connectivity index (χ1) is 11.4. The van der Waals surface area contributed by atoms with Gasteiger partial charge in [0.2, 0.25) is 0 Å². The molecule has 2 aromatic rings. The summed E-state index contributed by atoms with van der Waals surface area (Å²) in [5.41, 5.74) is 6.93. The summed E-state index contributed by atoms with van der Waals surface area (Å²) >= 11 is 0. The lowest BCUT2D eigenvalue weighted by molar-refractivity contribution is -0.128. The minimum Gasteiger partial charge on any atom is -0.481 e. The van der Waals surface area contributed by atoms with E-state index in [1.54, 1.807) is 6.07 Å². The first-order valence-corrected chi connectivity index (χ1v) is 7.46. The lowest BCUT2D eigenvalue weighted by Crippen LogP contribution is -2.47. The van der Waals surface area contributed by atoms with Crippen LogP contribution in [0.3, 0.4) is 0 Å². The molecule has 2 amide bonds. The summed E-state index contributed by atoms with van der Waals surface area (Å²) in [4.78, 5) is 24.1. The van der Waals surface area contributed by atoms with Crippen LogP contribution in [0.25, 0.3) is 0 Å². The van der Waals surface area contributed by atoms with Crippen LogP contribution in [0.1, 0.15) is 28.4 Å². The normalized spacial score (nSPS) is 11.5. The Kier molecular flexibility index (Phi) is 5.52. The van der Waals surface area contributed by atoms with Gasteiger partial charge < -0.3 is 4.74 Å². The van der Waals surface area contributed by atoms with Gasteiger partial charge in [0.15, 0.2) is 6.10 Å². The highest BCUT2D eigenvalue weighted by Crippen LogP contribution is 2.13. The maximum absolute atomic E-state index is 12.8. The molecular weight excluding hydrogens is 311 g/mol. The van der Waals surface area contributed by atoms with E-state index in [4.69, 9.17) is 4.74 Å². The van der Waals surface area contributed by atoms with Gasteiger partial charge in [0.1, 0.15) is 11.6 Å². The second-order valence-corrected chi connectivity index (χ2v) is 5.48. The van der Waals surface area contributed by atoms with Gasteiger partial charge in [-0.2, -0.15) is 0 Å². The molecule has 0 fully saturated rings. The Balaban J connectivity index is 1.91. The van der Waals surface area contributed by atoms with Gasteiger partial charge in [-0.15, -0.1) is 0 Å². The van der Waals surface area contributed by atoms with Crippen LogP contribution in [0.15, 0.2) is 42.5 Å². The SMILES string of the molecule is Cc1ccc(C)c(C(=O)NNC(=O)[C@@H](C)Oc2ccc(F)cc2)c1. The Bertz CT molecular complexity index is 744. The summed E-state index contributed by atoms with van der Waals surface area (Å²) in [6.07, 6.45) is -0.852. The quantitative estimate of drug-likeness (QED) is 0.847. The van der Waals surface area contributed by atoms with Crippen LogP contribution in [0, 0.1) is 19.7 Å². The predicted octanol–water partition coefficient (Wildman–Crippen LogP) is 2.67. The number of nitrogens with one attached hydrogen (secondary N) is 2. The van der Waals surface area contributed by atoms with E-state index >= 15 is 0 Å². The average Bonchev–Trinajstić information content (AvgIpc) is 2.56. The molecule has 0 spiro atoms. The van der Waals surface area contributed by atoms with Gasteiger partial charge >= 0.3 is 0 Å². The number of benzene rings is 2. The van der Waals surface area contributed by atoms with Crippen LogP contribution in [-0.4, -0.2) is 17.9 Å². The summed E-state index contributed by atoms with van der Waals surface area (Å²) in [6, 6.07) is 10.8. The predicted molar refractivity (Wildman–Crippen MR) is 88.0 cm³/mol. The number of hydrazine groups is 1. The number of carbonyl (C=O) groups excluding carboxylic acids is 2. The minimum absolute atomic E-state index is 0.361. The van der Waals surface area contributed by atoms with Crippen molar-refractivity contribution >= 4 is 11.8 Å². The molecule has 0 radical (unpaired) electrons. The van der Waals surface area contributed by atoms with E-state index in [-0.39, 0.29) is 5.82 Å². The summed E-state index contributed by atoms with van der Waals surface area (Å²) in [7, 11) is 0. The lowest BCUT2D eigenvalue weighted by Gasteiger charge is -2.15. The van der Waals surface area contributed by atoms with Crippen LogP contribution < -0.4 is 15.6 Å². The molecule has 0 saturated heterocycles. The molecule has 0 saturated carbocycles. The van der Waals surface area contributed by atoms with Crippen LogP contribution in [-0.2, 0) is 4.79 Å².